The van der Waals surface area contributed by atoms with Gasteiger partial charge in [-0.25, -0.2) is 4.79 Å². The van der Waals surface area contributed by atoms with E-state index in [9.17, 15) is 4.79 Å². The summed E-state index contributed by atoms with van der Waals surface area (Å²) in [4.78, 5) is 11.7. The van der Waals surface area contributed by atoms with E-state index >= 15 is 0 Å². The molecule has 2 rings (SSSR count). The topological polar surface area (TPSA) is 50.4 Å². The van der Waals surface area contributed by atoms with Gasteiger partial charge < -0.3 is 15.4 Å². The number of hydrogen-bond donors (Lipinski definition) is 2. The van der Waals surface area contributed by atoms with E-state index in [1.54, 1.807) is 13.3 Å². The third kappa shape index (κ3) is 6.16. The molecule has 0 aliphatic rings. The van der Waals surface area contributed by atoms with Crippen LogP contribution >= 0.6 is 15.9 Å². The Morgan fingerprint density at radius 1 is 1.22 bits per heavy atom. The molecule has 23 heavy (non-hydrogen) atoms. The molecule has 0 bridgehead atoms. The van der Waals surface area contributed by atoms with Crippen molar-refractivity contribution in [3.8, 4) is 5.75 Å². The summed E-state index contributed by atoms with van der Waals surface area (Å²) < 4.78 is 6.14. The summed E-state index contributed by atoms with van der Waals surface area (Å²) in [7, 11) is 1.63. The molecular weight excluding hydrogens is 356 g/mol. The summed E-state index contributed by atoms with van der Waals surface area (Å²) in [5.74, 6) is 0.806. The highest BCUT2D eigenvalue weighted by molar-refractivity contribution is 9.10. The Labute approximate surface area is 144 Å². The van der Waals surface area contributed by atoms with Crippen molar-refractivity contribution in [2.45, 2.75) is 6.42 Å². The van der Waals surface area contributed by atoms with Crippen LogP contribution in [-0.2, 0) is 6.42 Å². The van der Waals surface area contributed by atoms with Gasteiger partial charge in [-0.05, 0) is 47.9 Å². The molecule has 0 saturated heterocycles. The first kappa shape index (κ1) is 17.1. The smallest absolute Gasteiger partial charge is 0.318 e. The van der Waals surface area contributed by atoms with E-state index in [-0.39, 0.29) is 6.03 Å². The van der Waals surface area contributed by atoms with Crippen LogP contribution in [0.1, 0.15) is 11.1 Å². The van der Waals surface area contributed by atoms with Crippen molar-refractivity contribution in [2.24, 2.45) is 0 Å². The molecule has 0 heterocycles. The van der Waals surface area contributed by atoms with Gasteiger partial charge in [0.05, 0.1) is 7.11 Å². The fraction of sp³-hybridized carbons (Fsp3) is 0.167. The van der Waals surface area contributed by atoms with Crippen molar-refractivity contribution in [3.63, 3.8) is 0 Å². The molecule has 0 spiro atoms. The van der Waals surface area contributed by atoms with Gasteiger partial charge >= 0.3 is 6.03 Å². The van der Waals surface area contributed by atoms with Crippen LogP contribution in [0.4, 0.5) is 4.79 Å². The van der Waals surface area contributed by atoms with Gasteiger partial charge in [-0.1, -0.05) is 40.2 Å². The second-order valence-electron chi connectivity index (χ2n) is 4.89. The van der Waals surface area contributed by atoms with Crippen LogP contribution in [0.5, 0.6) is 5.75 Å². The molecule has 0 unspecified atom stereocenters. The number of carbonyl (C=O) groups excluding carboxylic acids is 1. The van der Waals surface area contributed by atoms with Crippen LogP contribution in [-0.4, -0.2) is 19.7 Å². The molecular formula is C18H19BrN2O2. The number of benzene rings is 2. The van der Waals surface area contributed by atoms with E-state index in [0.29, 0.717) is 6.54 Å². The average Bonchev–Trinajstić information content (AvgIpc) is 2.55. The van der Waals surface area contributed by atoms with E-state index in [4.69, 9.17) is 4.74 Å². The van der Waals surface area contributed by atoms with Crippen LogP contribution in [0.3, 0.4) is 0 Å². The number of rotatable bonds is 6. The Kier molecular flexibility index (Phi) is 6.69. The van der Waals surface area contributed by atoms with Crippen molar-refractivity contribution in [3.05, 3.63) is 70.3 Å². The average molecular weight is 375 g/mol. The summed E-state index contributed by atoms with van der Waals surface area (Å²) in [6.07, 6.45) is 4.23. The molecule has 5 heteroatoms. The van der Waals surface area contributed by atoms with E-state index in [2.05, 4.69) is 26.6 Å². The molecule has 120 valence electrons. The van der Waals surface area contributed by atoms with Gasteiger partial charge in [-0.3, -0.25) is 0 Å². The SMILES string of the molecule is COc1ccc(/C=C/NC(=O)NCCc2cccc(Br)c2)cc1. The van der Waals surface area contributed by atoms with Gasteiger partial charge in [0.2, 0.25) is 0 Å². The summed E-state index contributed by atoms with van der Waals surface area (Å²) in [5.41, 5.74) is 2.16. The maximum atomic E-state index is 11.7. The molecule has 0 radical (unpaired) electrons. The zero-order valence-corrected chi connectivity index (χ0v) is 14.5. The minimum absolute atomic E-state index is 0.218. The normalized spacial score (nSPS) is 10.5. The predicted octanol–water partition coefficient (Wildman–Crippen LogP) is 3.97. The lowest BCUT2D eigenvalue weighted by atomic mass is 10.1. The Morgan fingerprint density at radius 3 is 2.70 bits per heavy atom. The van der Waals surface area contributed by atoms with Crippen molar-refractivity contribution in [1.82, 2.24) is 10.6 Å². The molecule has 0 aromatic heterocycles. The quantitative estimate of drug-likeness (QED) is 0.803. The van der Waals surface area contributed by atoms with Crippen molar-refractivity contribution < 1.29 is 9.53 Å². The Hall–Kier alpha value is -2.27. The van der Waals surface area contributed by atoms with Gasteiger partial charge in [0.1, 0.15) is 5.75 Å². The van der Waals surface area contributed by atoms with Gasteiger partial charge in [-0.2, -0.15) is 0 Å². The third-order valence-corrected chi connectivity index (χ3v) is 3.69. The summed E-state index contributed by atoms with van der Waals surface area (Å²) >= 11 is 3.43. The number of hydrogen-bond acceptors (Lipinski definition) is 2. The number of halogens is 1. The van der Waals surface area contributed by atoms with Crippen molar-refractivity contribution in [1.29, 1.82) is 0 Å². The third-order valence-electron chi connectivity index (χ3n) is 3.19. The van der Waals surface area contributed by atoms with E-state index in [1.807, 2.05) is 54.6 Å². The van der Waals surface area contributed by atoms with Gasteiger partial charge in [0, 0.05) is 17.2 Å². The second-order valence-corrected chi connectivity index (χ2v) is 5.80. The molecule has 2 amide bonds. The molecule has 4 nitrogen and oxygen atoms in total. The first-order valence-corrected chi connectivity index (χ1v) is 8.06. The zero-order valence-electron chi connectivity index (χ0n) is 12.9. The van der Waals surface area contributed by atoms with Gasteiger partial charge in [-0.15, -0.1) is 0 Å². The minimum Gasteiger partial charge on any atom is -0.497 e. The van der Waals surface area contributed by atoms with Crippen LogP contribution in [0.15, 0.2) is 59.2 Å². The maximum absolute atomic E-state index is 11.7. The molecule has 0 atom stereocenters. The van der Waals surface area contributed by atoms with E-state index in [1.165, 1.54) is 5.56 Å². The lowest BCUT2D eigenvalue weighted by molar-refractivity contribution is 0.244. The summed E-state index contributed by atoms with van der Waals surface area (Å²) in [5, 5.41) is 5.50. The van der Waals surface area contributed by atoms with Crippen LogP contribution in [0.25, 0.3) is 6.08 Å². The number of amides is 2. The maximum Gasteiger partial charge on any atom is 0.318 e. The highest BCUT2D eigenvalue weighted by atomic mass is 79.9. The van der Waals surface area contributed by atoms with Crippen LogP contribution < -0.4 is 15.4 Å². The molecule has 0 saturated carbocycles. The van der Waals surface area contributed by atoms with Gasteiger partial charge in [0.25, 0.3) is 0 Å². The fourth-order valence-corrected chi connectivity index (χ4v) is 2.44. The largest absolute Gasteiger partial charge is 0.497 e. The Balaban J connectivity index is 1.71. The number of carbonyl (C=O) groups is 1. The predicted molar refractivity (Wildman–Crippen MR) is 96.4 cm³/mol. The number of nitrogens with one attached hydrogen (secondary N) is 2. The first-order chi connectivity index (χ1) is 11.2. The summed E-state index contributed by atoms with van der Waals surface area (Å²) in [6, 6.07) is 15.4. The van der Waals surface area contributed by atoms with Crippen LogP contribution in [0, 0.1) is 0 Å². The zero-order chi connectivity index (χ0) is 16.5. The van der Waals surface area contributed by atoms with Crippen LogP contribution in [0.2, 0.25) is 0 Å². The molecule has 0 fully saturated rings. The monoisotopic (exact) mass is 374 g/mol. The lowest BCUT2D eigenvalue weighted by Gasteiger charge is -2.05. The highest BCUT2D eigenvalue weighted by Gasteiger charge is 1.98. The molecule has 0 aliphatic carbocycles. The van der Waals surface area contributed by atoms with Crippen molar-refractivity contribution in [2.75, 3.05) is 13.7 Å². The Bertz CT molecular complexity index is 669. The number of ether oxygens (including phenoxy) is 1. The lowest BCUT2D eigenvalue weighted by Crippen LogP contribution is -2.33. The van der Waals surface area contributed by atoms with E-state index < -0.39 is 0 Å². The minimum atomic E-state index is -0.218. The summed E-state index contributed by atoms with van der Waals surface area (Å²) in [6.45, 7) is 0.582. The van der Waals surface area contributed by atoms with Crippen molar-refractivity contribution >= 4 is 28.0 Å². The highest BCUT2D eigenvalue weighted by Crippen LogP contribution is 2.12. The fourth-order valence-electron chi connectivity index (χ4n) is 1.99. The molecule has 2 N–H and O–H groups in total. The number of methoxy groups -OCH3 is 1. The second kappa shape index (κ2) is 9.00. The molecule has 2 aromatic carbocycles. The standard InChI is InChI=1S/C18H19BrN2O2/c1-23-17-7-5-14(6-8-17)9-11-20-18(22)21-12-10-15-3-2-4-16(19)13-15/h2-9,11,13H,10,12H2,1H3,(H2,20,21,22)/b11-9+. The molecule has 0 aliphatic heterocycles. The molecule has 2 aromatic rings. The van der Waals surface area contributed by atoms with E-state index in [0.717, 1.165) is 22.2 Å². The number of urea groups is 1. The Morgan fingerprint density at radius 2 is 2.00 bits per heavy atom. The first-order valence-electron chi connectivity index (χ1n) is 7.27. The van der Waals surface area contributed by atoms with Gasteiger partial charge in [0.15, 0.2) is 0 Å².